The summed E-state index contributed by atoms with van der Waals surface area (Å²) < 4.78 is 26.1. The van der Waals surface area contributed by atoms with E-state index in [1.807, 2.05) is 31.2 Å². The quantitative estimate of drug-likeness (QED) is 0.628. The summed E-state index contributed by atoms with van der Waals surface area (Å²) in [6, 6.07) is 14.0. The molecule has 0 bridgehead atoms. The van der Waals surface area contributed by atoms with Crippen LogP contribution in [0.15, 0.2) is 48.5 Å². The Kier molecular flexibility index (Phi) is 7.17. The molecule has 0 radical (unpaired) electrons. The van der Waals surface area contributed by atoms with Gasteiger partial charge in [-0.1, -0.05) is 32.0 Å². The Hall–Kier alpha value is -2.38. The zero-order chi connectivity index (χ0) is 19.0. The number of anilines is 2. The molecule has 0 saturated carbocycles. The van der Waals surface area contributed by atoms with Crippen LogP contribution in [0.3, 0.4) is 0 Å². The molecule has 0 atom stereocenters. The lowest BCUT2D eigenvalue weighted by atomic mass is 10.1. The second kappa shape index (κ2) is 9.35. The van der Waals surface area contributed by atoms with Gasteiger partial charge in [-0.3, -0.25) is 9.52 Å². The van der Waals surface area contributed by atoms with Gasteiger partial charge in [0.2, 0.25) is 10.0 Å². The predicted octanol–water partition coefficient (Wildman–Crippen LogP) is 3.20. The van der Waals surface area contributed by atoms with Gasteiger partial charge in [-0.15, -0.1) is 0 Å². The van der Waals surface area contributed by atoms with Crippen LogP contribution in [0.2, 0.25) is 0 Å². The first-order chi connectivity index (χ1) is 12.4. The maximum absolute atomic E-state index is 12.5. The molecule has 0 spiro atoms. The lowest BCUT2D eigenvalue weighted by Crippen LogP contribution is -2.17. The van der Waals surface area contributed by atoms with E-state index in [-0.39, 0.29) is 11.7 Å². The summed E-state index contributed by atoms with van der Waals surface area (Å²) in [6.07, 6.45) is 0.544. The summed E-state index contributed by atoms with van der Waals surface area (Å²) >= 11 is 0. The Balaban J connectivity index is 2.07. The van der Waals surface area contributed by atoms with Gasteiger partial charge in [0.15, 0.2) is 0 Å². The lowest BCUT2D eigenvalue weighted by Gasteiger charge is -2.12. The molecule has 2 rings (SSSR count). The van der Waals surface area contributed by atoms with E-state index < -0.39 is 10.0 Å². The van der Waals surface area contributed by atoms with Crippen LogP contribution < -0.4 is 15.4 Å². The third kappa shape index (κ3) is 5.86. The van der Waals surface area contributed by atoms with Crippen molar-refractivity contribution in [3.63, 3.8) is 0 Å². The van der Waals surface area contributed by atoms with E-state index >= 15 is 0 Å². The first-order valence-electron chi connectivity index (χ1n) is 8.65. The fourth-order valence-corrected chi connectivity index (χ4v) is 3.57. The number of benzene rings is 2. The highest BCUT2D eigenvalue weighted by atomic mass is 32.2. The lowest BCUT2D eigenvalue weighted by molar-refractivity contribution is 0.102. The minimum atomic E-state index is -3.34. The third-order valence-corrected chi connectivity index (χ3v) is 5.22. The molecule has 1 amide bonds. The number of hydrogen-bond donors (Lipinski definition) is 3. The van der Waals surface area contributed by atoms with Crippen LogP contribution >= 0.6 is 0 Å². The Morgan fingerprint density at radius 2 is 1.69 bits per heavy atom. The standard InChI is InChI=1S/C19H25N3O3S/c1-3-13-26(24,25)22-17-11-9-15(10-12-17)19(23)21-18-8-6-5-7-16(18)14-20-4-2/h5-12,20,22H,3-4,13-14H2,1-2H3,(H,21,23). The van der Waals surface area contributed by atoms with Crippen molar-refractivity contribution >= 4 is 27.3 Å². The van der Waals surface area contributed by atoms with E-state index in [2.05, 4.69) is 15.4 Å². The van der Waals surface area contributed by atoms with Gasteiger partial charge < -0.3 is 10.6 Å². The average Bonchev–Trinajstić information content (AvgIpc) is 2.61. The molecule has 7 heteroatoms. The van der Waals surface area contributed by atoms with Gasteiger partial charge in [0, 0.05) is 23.5 Å². The molecule has 0 aliphatic carbocycles. The molecule has 0 unspecified atom stereocenters. The molecule has 0 fully saturated rings. The fourth-order valence-electron chi connectivity index (χ4n) is 2.44. The van der Waals surface area contributed by atoms with E-state index in [0.29, 0.717) is 24.2 Å². The average molecular weight is 375 g/mol. The topological polar surface area (TPSA) is 87.3 Å². The van der Waals surface area contributed by atoms with E-state index in [0.717, 1.165) is 17.8 Å². The first-order valence-corrected chi connectivity index (χ1v) is 10.3. The molecular formula is C19H25N3O3S. The van der Waals surface area contributed by atoms with Crippen LogP contribution in [-0.4, -0.2) is 26.6 Å². The molecule has 6 nitrogen and oxygen atoms in total. The van der Waals surface area contributed by atoms with Crippen LogP contribution in [0.5, 0.6) is 0 Å². The monoisotopic (exact) mass is 375 g/mol. The molecule has 140 valence electrons. The fraction of sp³-hybridized carbons (Fsp3) is 0.316. The zero-order valence-electron chi connectivity index (χ0n) is 15.1. The first kappa shape index (κ1) is 19.9. The summed E-state index contributed by atoms with van der Waals surface area (Å²) in [5, 5.41) is 6.15. The second-order valence-corrected chi connectivity index (χ2v) is 7.73. The third-order valence-electron chi connectivity index (χ3n) is 3.72. The Bertz CT molecular complexity index is 833. The molecule has 2 aromatic rings. The van der Waals surface area contributed by atoms with Gasteiger partial charge in [-0.25, -0.2) is 8.42 Å². The smallest absolute Gasteiger partial charge is 0.255 e. The van der Waals surface area contributed by atoms with Crippen molar-refractivity contribution in [1.29, 1.82) is 0 Å². The van der Waals surface area contributed by atoms with Gasteiger partial charge >= 0.3 is 0 Å². The van der Waals surface area contributed by atoms with Crippen molar-refractivity contribution in [2.45, 2.75) is 26.8 Å². The number of nitrogens with one attached hydrogen (secondary N) is 3. The molecule has 0 aliphatic rings. The second-order valence-electron chi connectivity index (χ2n) is 5.89. The summed E-state index contributed by atoms with van der Waals surface area (Å²) in [4.78, 5) is 12.5. The van der Waals surface area contributed by atoms with Crippen molar-refractivity contribution < 1.29 is 13.2 Å². The summed E-state index contributed by atoms with van der Waals surface area (Å²) in [7, 11) is -3.34. The summed E-state index contributed by atoms with van der Waals surface area (Å²) in [5.41, 5.74) is 2.67. The highest BCUT2D eigenvalue weighted by Crippen LogP contribution is 2.17. The van der Waals surface area contributed by atoms with Crippen molar-refractivity contribution in [1.82, 2.24) is 5.32 Å². The number of amides is 1. The van der Waals surface area contributed by atoms with Gasteiger partial charge in [-0.2, -0.15) is 0 Å². The molecular weight excluding hydrogens is 350 g/mol. The SMILES string of the molecule is CCCS(=O)(=O)Nc1ccc(C(=O)Nc2ccccc2CNCC)cc1. The Labute approximate surface area is 155 Å². The summed E-state index contributed by atoms with van der Waals surface area (Å²) in [6.45, 7) is 5.35. The van der Waals surface area contributed by atoms with Gasteiger partial charge in [0.1, 0.15) is 0 Å². The number of sulfonamides is 1. The highest BCUT2D eigenvalue weighted by Gasteiger charge is 2.11. The van der Waals surface area contributed by atoms with Crippen molar-refractivity contribution in [3.05, 3.63) is 59.7 Å². The molecule has 0 aromatic heterocycles. The zero-order valence-corrected chi connectivity index (χ0v) is 15.9. The molecule has 0 saturated heterocycles. The molecule has 0 aliphatic heterocycles. The minimum Gasteiger partial charge on any atom is -0.322 e. The van der Waals surface area contributed by atoms with E-state index in [9.17, 15) is 13.2 Å². The van der Waals surface area contributed by atoms with E-state index in [4.69, 9.17) is 0 Å². The molecule has 3 N–H and O–H groups in total. The van der Waals surface area contributed by atoms with Crippen LogP contribution in [0.1, 0.15) is 36.2 Å². The van der Waals surface area contributed by atoms with Crippen LogP contribution in [0.4, 0.5) is 11.4 Å². The van der Waals surface area contributed by atoms with Crippen molar-refractivity contribution in [3.8, 4) is 0 Å². The van der Waals surface area contributed by atoms with Crippen LogP contribution in [0, 0.1) is 0 Å². The number of carbonyl (C=O) groups is 1. The van der Waals surface area contributed by atoms with Crippen LogP contribution in [0.25, 0.3) is 0 Å². The molecule has 2 aromatic carbocycles. The Morgan fingerprint density at radius 3 is 2.35 bits per heavy atom. The molecule has 0 heterocycles. The number of para-hydroxylation sites is 1. The normalized spacial score (nSPS) is 11.2. The number of hydrogen-bond acceptors (Lipinski definition) is 4. The van der Waals surface area contributed by atoms with Gasteiger partial charge in [0.25, 0.3) is 5.91 Å². The predicted molar refractivity (Wildman–Crippen MR) is 106 cm³/mol. The summed E-state index contributed by atoms with van der Waals surface area (Å²) in [5.74, 6) is -0.172. The van der Waals surface area contributed by atoms with Crippen molar-refractivity contribution in [2.24, 2.45) is 0 Å². The largest absolute Gasteiger partial charge is 0.322 e. The van der Waals surface area contributed by atoms with Crippen LogP contribution in [-0.2, 0) is 16.6 Å². The van der Waals surface area contributed by atoms with Crippen molar-refractivity contribution in [2.75, 3.05) is 22.3 Å². The Morgan fingerprint density at radius 1 is 1.00 bits per heavy atom. The molecule has 26 heavy (non-hydrogen) atoms. The maximum Gasteiger partial charge on any atom is 0.255 e. The minimum absolute atomic E-state index is 0.0673. The number of rotatable bonds is 9. The number of carbonyl (C=O) groups excluding carboxylic acids is 1. The van der Waals surface area contributed by atoms with E-state index in [1.54, 1.807) is 31.2 Å². The van der Waals surface area contributed by atoms with E-state index in [1.165, 1.54) is 0 Å². The van der Waals surface area contributed by atoms with Gasteiger partial charge in [-0.05, 0) is 48.9 Å². The maximum atomic E-state index is 12.5. The van der Waals surface area contributed by atoms with Gasteiger partial charge in [0.05, 0.1) is 5.75 Å². The highest BCUT2D eigenvalue weighted by molar-refractivity contribution is 7.92.